The minimum Gasteiger partial charge on any atom is -0.491 e. The minimum absolute atomic E-state index is 0.217. The van der Waals surface area contributed by atoms with Crippen LogP contribution in [0.3, 0.4) is 0 Å². The number of carbonyl (C=O) groups excluding carboxylic acids is 1. The van der Waals surface area contributed by atoms with Gasteiger partial charge in [0.25, 0.3) is 0 Å². The highest BCUT2D eigenvalue weighted by molar-refractivity contribution is 6.34. The summed E-state index contributed by atoms with van der Waals surface area (Å²) in [7, 11) is 0. The molecule has 0 aliphatic heterocycles. The number of benzene rings is 1. The average molecular weight is 292 g/mol. The summed E-state index contributed by atoms with van der Waals surface area (Å²) >= 11 is 11.5. The third-order valence-corrected chi connectivity index (χ3v) is 2.36. The molecule has 1 aromatic rings. The van der Waals surface area contributed by atoms with E-state index in [1.807, 2.05) is 0 Å². The van der Waals surface area contributed by atoms with Crippen LogP contribution >= 0.6 is 23.2 Å². The van der Waals surface area contributed by atoms with Gasteiger partial charge in [0.15, 0.2) is 6.04 Å². The Morgan fingerprint density at radius 1 is 1.33 bits per heavy atom. The van der Waals surface area contributed by atoms with Crippen LogP contribution < -0.4 is 10.1 Å². The number of amides is 1. The smallest absolute Gasteiger partial charge is 0.329 e. The molecule has 0 aliphatic carbocycles. The second-order valence-electron chi connectivity index (χ2n) is 3.51. The molecule has 1 rings (SSSR count). The predicted molar refractivity (Wildman–Crippen MR) is 67.2 cm³/mol. The largest absolute Gasteiger partial charge is 0.491 e. The molecule has 0 aliphatic rings. The summed E-state index contributed by atoms with van der Waals surface area (Å²) in [5.74, 6) is -1.29. The summed E-state index contributed by atoms with van der Waals surface area (Å²) in [6, 6.07) is 3.40. The number of hydrogen-bond donors (Lipinski definition) is 2. The van der Waals surface area contributed by atoms with E-state index in [1.165, 1.54) is 25.1 Å². The van der Waals surface area contributed by atoms with E-state index in [4.69, 9.17) is 33.0 Å². The summed E-state index contributed by atoms with van der Waals surface area (Å²) in [5, 5.41) is 11.9. The van der Waals surface area contributed by atoms with Gasteiger partial charge in [-0.05, 0) is 18.2 Å². The van der Waals surface area contributed by atoms with Crippen LogP contribution in [0.5, 0.6) is 5.75 Å². The third-order valence-electron chi connectivity index (χ3n) is 1.93. The molecule has 0 radical (unpaired) electrons. The molecule has 0 aromatic heterocycles. The number of carboxylic acid groups (broad SMARTS) is 1. The molecule has 1 unspecified atom stereocenters. The number of ether oxygens (including phenoxy) is 1. The number of carboxylic acids is 1. The summed E-state index contributed by atoms with van der Waals surface area (Å²) in [6.45, 7) is 1.01. The molecular weight excluding hydrogens is 281 g/mol. The van der Waals surface area contributed by atoms with Crippen LogP contribution in [0.25, 0.3) is 0 Å². The maximum atomic E-state index is 10.8. The summed E-state index contributed by atoms with van der Waals surface area (Å²) in [5.41, 5.74) is 0. The lowest BCUT2D eigenvalue weighted by Gasteiger charge is -2.14. The summed E-state index contributed by atoms with van der Waals surface area (Å²) in [4.78, 5) is 21.6. The van der Waals surface area contributed by atoms with Crippen LogP contribution in [0.15, 0.2) is 18.2 Å². The fraction of sp³-hybridized carbons (Fsp3) is 0.273. The Morgan fingerprint density at radius 2 is 1.89 bits per heavy atom. The first-order chi connectivity index (χ1) is 8.38. The molecule has 0 spiro atoms. The van der Waals surface area contributed by atoms with Gasteiger partial charge >= 0.3 is 5.97 Å². The van der Waals surface area contributed by atoms with E-state index in [0.717, 1.165) is 0 Å². The number of hydrogen-bond acceptors (Lipinski definition) is 3. The zero-order chi connectivity index (χ0) is 13.7. The zero-order valence-electron chi connectivity index (χ0n) is 9.44. The molecular formula is C11H11Cl2NO4. The van der Waals surface area contributed by atoms with Crippen LogP contribution in [-0.2, 0) is 9.59 Å². The van der Waals surface area contributed by atoms with Crippen LogP contribution in [0.2, 0.25) is 10.0 Å². The van der Waals surface area contributed by atoms with Gasteiger partial charge in [0.1, 0.15) is 12.4 Å². The summed E-state index contributed by atoms with van der Waals surface area (Å²) < 4.78 is 5.23. The predicted octanol–water partition coefficient (Wildman–Crippen LogP) is 1.96. The highest BCUT2D eigenvalue weighted by atomic mass is 35.5. The van der Waals surface area contributed by atoms with Crippen LogP contribution in [0.4, 0.5) is 0 Å². The Kier molecular flexibility index (Phi) is 5.25. The van der Waals surface area contributed by atoms with Gasteiger partial charge in [0.05, 0.1) is 0 Å². The molecule has 0 bridgehead atoms. The maximum absolute atomic E-state index is 10.8. The van der Waals surface area contributed by atoms with Crippen LogP contribution in [0.1, 0.15) is 6.92 Å². The summed E-state index contributed by atoms with van der Waals surface area (Å²) in [6.07, 6.45) is 0. The van der Waals surface area contributed by atoms with Crippen molar-refractivity contribution in [3.63, 3.8) is 0 Å². The van der Waals surface area contributed by atoms with Crippen molar-refractivity contribution in [2.45, 2.75) is 13.0 Å². The minimum atomic E-state index is -1.18. The van der Waals surface area contributed by atoms with Crippen LogP contribution in [0, 0.1) is 0 Å². The molecule has 18 heavy (non-hydrogen) atoms. The molecule has 0 heterocycles. The lowest BCUT2D eigenvalue weighted by Crippen LogP contribution is -2.43. The number of carbonyl (C=O) groups is 2. The van der Waals surface area contributed by atoms with Gasteiger partial charge in [-0.3, -0.25) is 4.79 Å². The van der Waals surface area contributed by atoms with Gasteiger partial charge in [0, 0.05) is 17.0 Å². The maximum Gasteiger partial charge on any atom is 0.329 e. The van der Waals surface area contributed by atoms with E-state index in [2.05, 4.69) is 5.32 Å². The van der Waals surface area contributed by atoms with E-state index in [1.54, 1.807) is 0 Å². The molecule has 1 amide bonds. The molecule has 1 aromatic carbocycles. The first kappa shape index (κ1) is 14.6. The highest BCUT2D eigenvalue weighted by Crippen LogP contribution is 2.24. The zero-order valence-corrected chi connectivity index (χ0v) is 11.0. The van der Waals surface area contributed by atoms with Crippen molar-refractivity contribution in [2.24, 2.45) is 0 Å². The normalized spacial score (nSPS) is 11.7. The molecule has 0 fully saturated rings. The third kappa shape index (κ3) is 4.81. The Balaban J connectivity index is 2.66. The first-order valence-electron chi connectivity index (χ1n) is 4.97. The molecule has 98 valence electrons. The topological polar surface area (TPSA) is 75.6 Å². The van der Waals surface area contributed by atoms with Crippen molar-refractivity contribution in [1.29, 1.82) is 0 Å². The number of halogens is 2. The lowest BCUT2D eigenvalue weighted by atomic mass is 10.3. The molecule has 1 atom stereocenters. The second kappa shape index (κ2) is 6.47. The first-order valence-corrected chi connectivity index (χ1v) is 5.73. The van der Waals surface area contributed by atoms with E-state index in [9.17, 15) is 9.59 Å². The van der Waals surface area contributed by atoms with E-state index < -0.39 is 17.9 Å². The fourth-order valence-corrected chi connectivity index (χ4v) is 1.72. The average Bonchev–Trinajstić information content (AvgIpc) is 2.21. The molecule has 0 saturated heterocycles. The van der Waals surface area contributed by atoms with E-state index >= 15 is 0 Å². The van der Waals surface area contributed by atoms with Crippen LogP contribution in [-0.4, -0.2) is 29.6 Å². The van der Waals surface area contributed by atoms with Gasteiger partial charge in [-0.25, -0.2) is 4.79 Å². The lowest BCUT2D eigenvalue weighted by molar-refractivity contribution is -0.142. The van der Waals surface area contributed by atoms with Crippen molar-refractivity contribution in [3.05, 3.63) is 28.2 Å². The van der Waals surface area contributed by atoms with Gasteiger partial charge in [-0.1, -0.05) is 23.2 Å². The Bertz CT molecular complexity index is 444. The Labute approximate surface area is 114 Å². The van der Waals surface area contributed by atoms with Crippen molar-refractivity contribution >= 4 is 35.1 Å². The molecule has 5 nitrogen and oxygen atoms in total. The standard InChI is InChI=1S/C11H11Cl2NO4/c1-6(15)14-10(11(16)17)5-18-9-3-7(12)2-8(13)4-9/h2-4,10H,5H2,1H3,(H,14,15)(H,16,17). The second-order valence-corrected chi connectivity index (χ2v) is 4.38. The van der Waals surface area contributed by atoms with Gasteiger partial charge in [0.2, 0.25) is 5.91 Å². The van der Waals surface area contributed by atoms with Crippen molar-refractivity contribution in [2.75, 3.05) is 6.61 Å². The van der Waals surface area contributed by atoms with Gasteiger partial charge < -0.3 is 15.2 Å². The van der Waals surface area contributed by atoms with Gasteiger partial charge in [-0.15, -0.1) is 0 Å². The Morgan fingerprint density at radius 3 is 2.33 bits per heavy atom. The number of aliphatic carboxylic acids is 1. The number of nitrogens with one attached hydrogen (secondary N) is 1. The molecule has 2 N–H and O–H groups in total. The Hall–Kier alpha value is -1.46. The molecule has 0 saturated carbocycles. The quantitative estimate of drug-likeness (QED) is 0.870. The monoisotopic (exact) mass is 291 g/mol. The van der Waals surface area contributed by atoms with E-state index in [-0.39, 0.29) is 6.61 Å². The van der Waals surface area contributed by atoms with Crippen molar-refractivity contribution in [3.8, 4) is 5.75 Å². The van der Waals surface area contributed by atoms with Crippen molar-refractivity contribution < 1.29 is 19.4 Å². The highest BCUT2D eigenvalue weighted by Gasteiger charge is 2.19. The fourth-order valence-electron chi connectivity index (χ4n) is 1.21. The van der Waals surface area contributed by atoms with Gasteiger partial charge in [-0.2, -0.15) is 0 Å². The molecule has 7 heteroatoms. The van der Waals surface area contributed by atoms with Crippen molar-refractivity contribution in [1.82, 2.24) is 5.32 Å². The van der Waals surface area contributed by atoms with E-state index in [0.29, 0.717) is 15.8 Å². The SMILES string of the molecule is CC(=O)NC(COc1cc(Cl)cc(Cl)c1)C(=O)O. The number of rotatable bonds is 5.